The van der Waals surface area contributed by atoms with Gasteiger partial charge in [0.1, 0.15) is 0 Å². The molecule has 2 unspecified atom stereocenters. The molecule has 0 bridgehead atoms. The minimum absolute atomic E-state index is 0.0436. The van der Waals surface area contributed by atoms with Crippen LogP contribution in [0.15, 0.2) is 18.2 Å². The van der Waals surface area contributed by atoms with Gasteiger partial charge in [-0.15, -0.1) is 0 Å². The molecule has 0 spiro atoms. The molecule has 0 aromatic heterocycles. The molecule has 1 amide bonds. The number of methoxy groups -OCH3 is 2. The number of hydrogen-bond acceptors (Lipinski definition) is 5. The molecule has 1 N–H and O–H groups in total. The number of carbonyl (C=O) groups is 1. The number of carbonyl (C=O) groups excluding carboxylic acids is 1. The van der Waals surface area contributed by atoms with Gasteiger partial charge in [0.2, 0.25) is 5.91 Å². The predicted octanol–water partition coefficient (Wildman–Crippen LogP) is 1.10. The van der Waals surface area contributed by atoms with Gasteiger partial charge >= 0.3 is 0 Å². The number of aliphatic hydroxyl groups is 1. The lowest BCUT2D eigenvalue weighted by Crippen LogP contribution is -2.52. The molecule has 6 nitrogen and oxygen atoms in total. The molecule has 0 aliphatic carbocycles. The normalized spacial score (nSPS) is 19.3. The fourth-order valence-corrected chi connectivity index (χ4v) is 2.83. The number of ether oxygens (including phenoxy) is 3. The summed E-state index contributed by atoms with van der Waals surface area (Å²) in [6.45, 7) is 3.27. The van der Waals surface area contributed by atoms with Crippen LogP contribution in [0.25, 0.3) is 0 Å². The molecule has 1 aromatic carbocycles. The fourth-order valence-electron chi connectivity index (χ4n) is 2.83. The number of morpholine rings is 1. The molecule has 1 aliphatic rings. The van der Waals surface area contributed by atoms with Crippen LogP contribution in [0.4, 0.5) is 0 Å². The van der Waals surface area contributed by atoms with Crippen LogP contribution >= 0.6 is 0 Å². The van der Waals surface area contributed by atoms with Crippen LogP contribution < -0.4 is 9.47 Å². The lowest BCUT2D eigenvalue weighted by atomic mass is 9.98. The number of rotatable bonds is 6. The van der Waals surface area contributed by atoms with Gasteiger partial charge in [-0.25, -0.2) is 0 Å². The average Bonchev–Trinajstić information content (AvgIpc) is 2.60. The highest BCUT2D eigenvalue weighted by atomic mass is 16.5. The van der Waals surface area contributed by atoms with Crippen LogP contribution in [-0.4, -0.2) is 62.5 Å². The molecule has 128 valence electrons. The van der Waals surface area contributed by atoms with Crippen molar-refractivity contribution in [3.8, 4) is 11.5 Å². The van der Waals surface area contributed by atoms with Crippen molar-refractivity contribution in [2.75, 3.05) is 40.6 Å². The summed E-state index contributed by atoms with van der Waals surface area (Å²) in [6, 6.07) is 5.43. The van der Waals surface area contributed by atoms with Crippen LogP contribution in [0, 0.1) is 5.92 Å². The van der Waals surface area contributed by atoms with Crippen molar-refractivity contribution in [3.63, 3.8) is 0 Å². The Labute approximate surface area is 136 Å². The Morgan fingerprint density at radius 1 is 1.39 bits per heavy atom. The summed E-state index contributed by atoms with van der Waals surface area (Å²) in [5.41, 5.74) is 1.01. The Balaban J connectivity index is 2.05. The zero-order chi connectivity index (χ0) is 16.8. The van der Waals surface area contributed by atoms with Crippen LogP contribution in [0.3, 0.4) is 0 Å². The Morgan fingerprint density at radius 3 is 2.78 bits per heavy atom. The first-order valence-corrected chi connectivity index (χ1v) is 7.80. The molecule has 1 aliphatic heterocycles. The third kappa shape index (κ3) is 4.14. The van der Waals surface area contributed by atoms with Gasteiger partial charge in [0, 0.05) is 12.5 Å². The molecule has 1 saturated heterocycles. The highest BCUT2D eigenvalue weighted by Crippen LogP contribution is 2.28. The molecule has 1 heterocycles. The van der Waals surface area contributed by atoms with E-state index in [-0.39, 0.29) is 24.5 Å². The molecular formula is C17H25NO5. The number of amides is 1. The van der Waals surface area contributed by atoms with Gasteiger partial charge in [0.25, 0.3) is 0 Å². The zero-order valence-electron chi connectivity index (χ0n) is 13.9. The van der Waals surface area contributed by atoms with E-state index in [1.165, 1.54) is 0 Å². The van der Waals surface area contributed by atoms with E-state index < -0.39 is 0 Å². The quantitative estimate of drug-likeness (QED) is 0.849. The maximum Gasteiger partial charge on any atom is 0.226 e. The third-order valence-corrected chi connectivity index (χ3v) is 4.13. The standard InChI is InChI=1S/C17H25NO5/c1-12(17(20)18-6-7-23-11-14(18)10-19)8-13-4-5-15(21-2)16(9-13)22-3/h4-5,9,12,14,19H,6-8,10-11H2,1-3H3. The summed E-state index contributed by atoms with van der Waals surface area (Å²) < 4.78 is 15.8. The van der Waals surface area contributed by atoms with Crippen molar-refractivity contribution in [1.82, 2.24) is 4.90 Å². The molecule has 0 saturated carbocycles. The van der Waals surface area contributed by atoms with Crippen molar-refractivity contribution in [2.24, 2.45) is 5.92 Å². The molecule has 6 heteroatoms. The van der Waals surface area contributed by atoms with Gasteiger partial charge in [-0.1, -0.05) is 13.0 Å². The second-order valence-corrected chi connectivity index (χ2v) is 5.74. The van der Waals surface area contributed by atoms with Gasteiger partial charge in [0.05, 0.1) is 40.1 Å². The summed E-state index contributed by atoms with van der Waals surface area (Å²) in [4.78, 5) is 14.4. The maximum absolute atomic E-state index is 12.7. The highest BCUT2D eigenvalue weighted by Gasteiger charge is 2.29. The summed E-state index contributed by atoms with van der Waals surface area (Å²) in [5.74, 6) is 1.19. The molecular weight excluding hydrogens is 298 g/mol. The first-order chi connectivity index (χ1) is 11.1. The van der Waals surface area contributed by atoms with Crippen molar-refractivity contribution < 1.29 is 24.1 Å². The summed E-state index contributed by atoms with van der Waals surface area (Å²) in [5, 5.41) is 9.40. The van der Waals surface area contributed by atoms with E-state index in [2.05, 4.69) is 0 Å². The number of nitrogens with zero attached hydrogens (tertiary/aromatic N) is 1. The largest absolute Gasteiger partial charge is 0.493 e. The van der Waals surface area contributed by atoms with E-state index in [0.29, 0.717) is 37.7 Å². The second kappa shape index (κ2) is 8.17. The third-order valence-electron chi connectivity index (χ3n) is 4.13. The van der Waals surface area contributed by atoms with Crippen LogP contribution in [0.1, 0.15) is 12.5 Å². The van der Waals surface area contributed by atoms with E-state index in [4.69, 9.17) is 14.2 Å². The first kappa shape index (κ1) is 17.6. The number of benzene rings is 1. The minimum Gasteiger partial charge on any atom is -0.493 e. The SMILES string of the molecule is COc1ccc(CC(C)C(=O)N2CCOCC2CO)cc1OC. The minimum atomic E-state index is -0.246. The zero-order valence-corrected chi connectivity index (χ0v) is 13.9. The van der Waals surface area contributed by atoms with Gasteiger partial charge in [0.15, 0.2) is 11.5 Å². The van der Waals surface area contributed by atoms with Gasteiger partial charge in [-0.2, -0.15) is 0 Å². The summed E-state index contributed by atoms with van der Waals surface area (Å²) in [6.07, 6.45) is 0.606. The lowest BCUT2D eigenvalue weighted by molar-refractivity contribution is -0.145. The van der Waals surface area contributed by atoms with Crippen molar-refractivity contribution >= 4 is 5.91 Å². The smallest absolute Gasteiger partial charge is 0.226 e. The lowest BCUT2D eigenvalue weighted by Gasteiger charge is -2.36. The maximum atomic E-state index is 12.7. The highest BCUT2D eigenvalue weighted by molar-refractivity contribution is 5.79. The molecule has 2 atom stereocenters. The van der Waals surface area contributed by atoms with Gasteiger partial charge in [-0.05, 0) is 24.1 Å². The monoisotopic (exact) mass is 323 g/mol. The molecule has 1 fully saturated rings. The van der Waals surface area contributed by atoms with E-state index in [0.717, 1.165) is 5.56 Å². The fraction of sp³-hybridized carbons (Fsp3) is 0.588. The van der Waals surface area contributed by atoms with Crippen LogP contribution in [0.2, 0.25) is 0 Å². The van der Waals surface area contributed by atoms with E-state index >= 15 is 0 Å². The van der Waals surface area contributed by atoms with Gasteiger partial charge in [-0.3, -0.25) is 4.79 Å². The Morgan fingerprint density at radius 2 is 2.13 bits per heavy atom. The summed E-state index contributed by atoms with van der Waals surface area (Å²) >= 11 is 0. The predicted molar refractivity (Wildman–Crippen MR) is 85.8 cm³/mol. The van der Waals surface area contributed by atoms with Crippen molar-refractivity contribution in [1.29, 1.82) is 0 Å². The van der Waals surface area contributed by atoms with Crippen LogP contribution in [0.5, 0.6) is 11.5 Å². The Bertz CT molecular complexity index is 534. The van der Waals surface area contributed by atoms with E-state index in [9.17, 15) is 9.90 Å². The Hall–Kier alpha value is -1.79. The molecule has 23 heavy (non-hydrogen) atoms. The van der Waals surface area contributed by atoms with Gasteiger partial charge < -0.3 is 24.2 Å². The van der Waals surface area contributed by atoms with Crippen LogP contribution in [-0.2, 0) is 16.0 Å². The number of hydrogen-bond donors (Lipinski definition) is 1. The topological polar surface area (TPSA) is 68.2 Å². The van der Waals surface area contributed by atoms with Crippen molar-refractivity contribution in [3.05, 3.63) is 23.8 Å². The Kier molecular flexibility index (Phi) is 6.24. The second-order valence-electron chi connectivity index (χ2n) is 5.74. The molecule has 2 rings (SSSR count). The van der Waals surface area contributed by atoms with E-state index in [1.54, 1.807) is 19.1 Å². The first-order valence-electron chi connectivity index (χ1n) is 7.80. The van der Waals surface area contributed by atoms with Crippen molar-refractivity contribution in [2.45, 2.75) is 19.4 Å². The molecule has 0 radical (unpaired) electrons. The summed E-state index contributed by atoms with van der Waals surface area (Å²) in [7, 11) is 3.19. The molecule has 1 aromatic rings. The average molecular weight is 323 g/mol. The van der Waals surface area contributed by atoms with E-state index in [1.807, 2.05) is 25.1 Å². The number of aliphatic hydroxyl groups excluding tert-OH is 1.